The number of esters is 1. The second-order valence-electron chi connectivity index (χ2n) is 8.26. The van der Waals surface area contributed by atoms with Crippen LogP contribution in [-0.2, 0) is 9.53 Å². The fourth-order valence-electron chi connectivity index (χ4n) is 5.97. The Kier molecular flexibility index (Phi) is 4.99. The van der Waals surface area contributed by atoms with E-state index in [0.717, 1.165) is 23.4 Å². The third kappa shape index (κ3) is 3.26. The molecule has 1 aromatic rings. The van der Waals surface area contributed by atoms with Gasteiger partial charge in [-0.2, -0.15) is 0 Å². The lowest BCUT2D eigenvalue weighted by atomic mass is 9.49. The number of rotatable bonds is 6. The standard InChI is InChI=1S/C19H27N3O3S/c1-3-25-19(24)15(9-20-18(23)17-10(2)21-22-26-17)16-13-5-11-4-12(7-13)8-14(16)6-11/h11-16H,3-9H2,1-2H3,(H,20,23)/t11?,12?,13?,14?,15-,16?/m0/s1. The van der Waals surface area contributed by atoms with Crippen molar-refractivity contribution >= 4 is 23.4 Å². The average molecular weight is 378 g/mol. The molecular formula is C19H27N3O3S. The smallest absolute Gasteiger partial charge is 0.311 e. The number of nitrogens with one attached hydrogen (secondary N) is 1. The summed E-state index contributed by atoms with van der Waals surface area (Å²) < 4.78 is 9.22. The number of carbonyl (C=O) groups is 2. The number of hydrogen-bond acceptors (Lipinski definition) is 6. The van der Waals surface area contributed by atoms with E-state index in [1.54, 1.807) is 6.92 Å². The van der Waals surface area contributed by atoms with E-state index < -0.39 is 0 Å². The summed E-state index contributed by atoms with van der Waals surface area (Å²) in [5.74, 6) is 2.72. The number of aromatic nitrogens is 2. The molecule has 4 fully saturated rings. The molecule has 26 heavy (non-hydrogen) atoms. The number of carbonyl (C=O) groups excluding carboxylic acids is 2. The molecule has 0 radical (unpaired) electrons. The minimum Gasteiger partial charge on any atom is -0.466 e. The normalized spacial score (nSPS) is 33.1. The first kappa shape index (κ1) is 17.9. The number of amides is 1. The Morgan fingerprint density at radius 2 is 1.85 bits per heavy atom. The Hall–Kier alpha value is -1.50. The zero-order valence-electron chi connectivity index (χ0n) is 15.4. The van der Waals surface area contributed by atoms with Gasteiger partial charge in [0.2, 0.25) is 0 Å². The van der Waals surface area contributed by atoms with Crippen LogP contribution in [0.1, 0.15) is 54.4 Å². The van der Waals surface area contributed by atoms with Gasteiger partial charge in [-0.15, -0.1) is 5.10 Å². The van der Waals surface area contributed by atoms with Gasteiger partial charge in [-0.3, -0.25) is 9.59 Å². The Labute approximate surface area is 158 Å². The van der Waals surface area contributed by atoms with Gasteiger partial charge in [0.1, 0.15) is 4.88 Å². The molecule has 0 spiro atoms. The van der Waals surface area contributed by atoms with Gasteiger partial charge >= 0.3 is 5.97 Å². The van der Waals surface area contributed by atoms with Gasteiger partial charge in [0, 0.05) is 6.54 Å². The maximum absolute atomic E-state index is 12.7. The summed E-state index contributed by atoms with van der Waals surface area (Å²) in [6.45, 7) is 4.35. The number of ether oxygens (including phenoxy) is 1. The highest BCUT2D eigenvalue weighted by molar-refractivity contribution is 7.07. The van der Waals surface area contributed by atoms with Crippen LogP contribution in [-0.4, -0.2) is 34.6 Å². The van der Waals surface area contributed by atoms with Crippen LogP contribution < -0.4 is 5.32 Å². The predicted octanol–water partition coefficient (Wildman–Crippen LogP) is 2.83. The van der Waals surface area contributed by atoms with Crippen LogP contribution in [0.5, 0.6) is 0 Å². The molecule has 1 amide bonds. The highest BCUT2D eigenvalue weighted by atomic mass is 32.1. The zero-order chi connectivity index (χ0) is 18.3. The molecule has 1 aromatic heterocycles. The van der Waals surface area contributed by atoms with Crippen LogP contribution in [0.4, 0.5) is 0 Å². The van der Waals surface area contributed by atoms with Crippen molar-refractivity contribution in [2.45, 2.75) is 46.0 Å². The maximum atomic E-state index is 12.7. The monoisotopic (exact) mass is 377 g/mol. The molecule has 4 aliphatic rings. The largest absolute Gasteiger partial charge is 0.466 e. The van der Waals surface area contributed by atoms with Crippen LogP contribution in [0.2, 0.25) is 0 Å². The van der Waals surface area contributed by atoms with E-state index in [4.69, 9.17) is 4.74 Å². The summed E-state index contributed by atoms with van der Waals surface area (Å²) in [5, 5.41) is 6.86. The third-order valence-corrected chi connectivity index (χ3v) is 7.52. The van der Waals surface area contributed by atoms with Gasteiger partial charge in [-0.25, -0.2) is 0 Å². The lowest BCUT2D eigenvalue weighted by Gasteiger charge is -2.56. The Morgan fingerprint density at radius 1 is 1.19 bits per heavy atom. The van der Waals surface area contributed by atoms with Gasteiger partial charge in [0.05, 0.1) is 18.2 Å². The van der Waals surface area contributed by atoms with Crippen molar-refractivity contribution in [3.05, 3.63) is 10.6 Å². The summed E-state index contributed by atoms with van der Waals surface area (Å²) in [6, 6.07) is 0. The first-order chi connectivity index (χ1) is 12.6. The number of hydrogen-bond donors (Lipinski definition) is 1. The van der Waals surface area contributed by atoms with E-state index in [1.165, 1.54) is 32.1 Å². The number of aryl methyl sites for hydroxylation is 1. The van der Waals surface area contributed by atoms with Gasteiger partial charge in [0.15, 0.2) is 0 Å². The number of nitrogens with zero attached hydrogens (tertiary/aromatic N) is 2. The minimum absolute atomic E-state index is 0.149. The molecule has 0 aromatic carbocycles. The van der Waals surface area contributed by atoms with Crippen LogP contribution in [0.15, 0.2) is 0 Å². The molecule has 1 N–H and O–H groups in total. The predicted molar refractivity (Wildman–Crippen MR) is 97.6 cm³/mol. The Morgan fingerprint density at radius 3 is 2.38 bits per heavy atom. The molecule has 5 rings (SSSR count). The lowest BCUT2D eigenvalue weighted by molar-refractivity contribution is -0.157. The van der Waals surface area contributed by atoms with Gasteiger partial charge in [-0.05, 0) is 87.1 Å². The molecule has 6 nitrogen and oxygen atoms in total. The van der Waals surface area contributed by atoms with Crippen molar-refractivity contribution in [2.24, 2.45) is 35.5 Å². The van der Waals surface area contributed by atoms with Crippen molar-refractivity contribution in [1.82, 2.24) is 14.9 Å². The van der Waals surface area contributed by atoms with Crippen molar-refractivity contribution in [3.8, 4) is 0 Å². The van der Waals surface area contributed by atoms with Crippen molar-refractivity contribution in [3.63, 3.8) is 0 Å². The molecule has 4 bridgehead atoms. The van der Waals surface area contributed by atoms with Gasteiger partial charge < -0.3 is 10.1 Å². The molecule has 1 heterocycles. The fourth-order valence-corrected chi connectivity index (χ4v) is 6.55. The van der Waals surface area contributed by atoms with Crippen LogP contribution >= 0.6 is 11.5 Å². The molecule has 1 atom stereocenters. The van der Waals surface area contributed by atoms with Gasteiger partial charge in [0.25, 0.3) is 5.91 Å². The third-order valence-electron chi connectivity index (χ3n) is 6.69. The second-order valence-corrected chi connectivity index (χ2v) is 9.02. The first-order valence-electron chi connectivity index (χ1n) is 9.80. The van der Waals surface area contributed by atoms with E-state index in [0.29, 0.717) is 41.5 Å². The zero-order valence-corrected chi connectivity index (χ0v) is 16.3. The Balaban J connectivity index is 1.49. The average Bonchev–Trinajstić information content (AvgIpc) is 3.02. The van der Waals surface area contributed by atoms with Crippen molar-refractivity contribution in [1.29, 1.82) is 0 Å². The fraction of sp³-hybridized carbons (Fsp3) is 0.789. The first-order valence-corrected chi connectivity index (χ1v) is 10.6. The quantitative estimate of drug-likeness (QED) is 0.771. The van der Waals surface area contributed by atoms with Gasteiger partial charge in [-0.1, -0.05) is 4.49 Å². The summed E-state index contributed by atoms with van der Waals surface area (Å²) in [7, 11) is 0. The molecular weight excluding hydrogens is 350 g/mol. The molecule has 0 saturated heterocycles. The summed E-state index contributed by atoms with van der Waals surface area (Å²) in [4.78, 5) is 25.7. The van der Waals surface area contributed by atoms with Crippen LogP contribution in [0, 0.1) is 42.4 Å². The topological polar surface area (TPSA) is 81.2 Å². The minimum atomic E-state index is -0.241. The second kappa shape index (κ2) is 7.25. The molecule has 7 heteroatoms. The molecule has 0 aliphatic heterocycles. The van der Waals surface area contributed by atoms with E-state index in [-0.39, 0.29) is 17.8 Å². The highest BCUT2D eigenvalue weighted by Crippen LogP contribution is 2.58. The highest BCUT2D eigenvalue weighted by Gasteiger charge is 2.52. The Bertz CT molecular complexity index is 661. The van der Waals surface area contributed by atoms with E-state index in [2.05, 4.69) is 14.9 Å². The molecule has 4 aliphatic carbocycles. The van der Waals surface area contributed by atoms with E-state index in [9.17, 15) is 9.59 Å². The summed E-state index contributed by atoms with van der Waals surface area (Å²) in [5.41, 5.74) is 0.634. The van der Waals surface area contributed by atoms with Crippen LogP contribution in [0.25, 0.3) is 0 Å². The van der Waals surface area contributed by atoms with Crippen molar-refractivity contribution < 1.29 is 14.3 Å². The van der Waals surface area contributed by atoms with Crippen molar-refractivity contribution in [2.75, 3.05) is 13.2 Å². The summed E-state index contributed by atoms with van der Waals surface area (Å²) in [6.07, 6.45) is 6.38. The SMILES string of the molecule is CCOC(=O)[C@@H](CNC(=O)c1snnc1C)C1C2CC3CC(C2)CC1C3. The molecule has 4 saturated carbocycles. The van der Waals surface area contributed by atoms with E-state index >= 15 is 0 Å². The lowest BCUT2D eigenvalue weighted by Crippen LogP contribution is -2.51. The van der Waals surface area contributed by atoms with Crippen LogP contribution in [0.3, 0.4) is 0 Å². The van der Waals surface area contributed by atoms with E-state index in [1.807, 2.05) is 6.92 Å². The maximum Gasteiger partial charge on any atom is 0.311 e. The molecule has 142 valence electrons. The summed E-state index contributed by atoms with van der Waals surface area (Å²) >= 11 is 1.10. The molecule has 0 unspecified atom stereocenters.